The minimum atomic E-state index is 0. The third-order valence-electron chi connectivity index (χ3n) is 4.24. The van der Waals surface area contributed by atoms with E-state index in [1.807, 2.05) is 27.0 Å². The maximum atomic E-state index is 5.34. The fourth-order valence-electron chi connectivity index (χ4n) is 2.68. The Balaban J connectivity index is 0.00000392. The summed E-state index contributed by atoms with van der Waals surface area (Å²) < 4.78 is 10.7. The lowest BCUT2D eigenvalue weighted by molar-refractivity contribution is 0.119. The molecule has 28 heavy (non-hydrogen) atoms. The topological polar surface area (TPSA) is 59.0 Å². The van der Waals surface area contributed by atoms with E-state index in [0.717, 1.165) is 40.1 Å². The summed E-state index contributed by atoms with van der Waals surface area (Å²) in [6.07, 6.45) is 0.0225. The van der Waals surface area contributed by atoms with Gasteiger partial charge in [-0.25, -0.2) is 9.98 Å². The van der Waals surface area contributed by atoms with Gasteiger partial charge in [0.1, 0.15) is 16.9 Å². The highest BCUT2D eigenvalue weighted by atomic mass is 127. The van der Waals surface area contributed by atoms with Crippen LogP contribution in [-0.4, -0.2) is 43.7 Å². The van der Waals surface area contributed by atoms with Crippen molar-refractivity contribution in [1.82, 2.24) is 15.2 Å². The second-order valence-electron chi connectivity index (χ2n) is 6.39. The number of ether oxygens (including phenoxy) is 2. The molecular weight excluding hydrogens is 487 g/mol. The molecule has 0 saturated carbocycles. The van der Waals surface area contributed by atoms with Gasteiger partial charge in [0.15, 0.2) is 5.96 Å². The van der Waals surface area contributed by atoms with Crippen molar-refractivity contribution in [3.63, 3.8) is 0 Å². The van der Waals surface area contributed by atoms with Gasteiger partial charge in [-0.3, -0.25) is 0 Å². The summed E-state index contributed by atoms with van der Waals surface area (Å²) >= 11 is 1.63. The molecule has 2 rings (SSSR count). The summed E-state index contributed by atoms with van der Waals surface area (Å²) in [5, 5.41) is 6.43. The summed E-state index contributed by atoms with van der Waals surface area (Å²) in [5.41, 5.74) is 3.29. The van der Waals surface area contributed by atoms with Gasteiger partial charge in [-0.2, -0.15) is 0 Å². The van der Waals surface area contributed by atoms with E-state index in [2.05, 4.69) is 39.6 Å². The van der Waals surface area contributed by atoms with E-state index in [4.69, 9.17) is 14.5 Å². The van der Waals surface area contributed by atoms with Crippen LogP contribution in [0.25, 0.3) is 0 Å². The zero-order chi connectivity index (χ0) is 19.8. The standard InChI is InChI=1S/C20H30N4O2S.HI/c1-7-21-20(22-11-16-8-9-18(26-6)14(2)10-16)24(4)12-17-13-27-19(23-17)15(3)25-5;/h8-10,13,15H,7,11-12H2,1-6H3,(H,21,22);1H. The molecule has 0 spiro atoms. The highest BCUT2D eigenvalue weighted by Crippen LogP contribution is 2.21. The van der Waals surface area contributed by atoms with Crippen molar-refractivity contribution in [2.75, 3.05) is 27.8 Å². The predicted octanol–water partition coefficient (Wildman–Crippen LogP) is 4.38. The SMILES string of the molecule is CCNC(=NCc1ccc(OC)c(C)c1)N(C)Cc1csc(C(C)OC)n1.I. The van der Waals surface area contributed by atoms with Crippen LogP contribution >= 0.6 is 35.3 Å². The molecular formula is C20H31IN4O2S. The number of hydrogen-bond donors (Lipinski definition) is 1. The van der Waals surface area contributed by atoms with E-state index in [0.29, 0.717) is 13.1 Å². The summed E-state index contributed by atoms with van der Waals surface area (Å²) in [5.74, 6) is 1.76. The molecule has 0 radical (unpaired) electrons. The number of rotatable bonds is 8. The summed E-state index contributed by atoms with van der Waals surface area (Å²) in [6, 6.07) is 6.16. The Hall–Kier alpha value is -1.39. The lowest BCUT2D eigenvalue weighted by Crippen LogP contribution is -2.38. The number of aliphatic imine (C=N–C) groups is 1. The Kier molecular flexibility index (Phi) is 10.8. The molecule has 1 atom stereocenters. The number of guanidine groups is 1. The lowest BCUT2D eigenvalue weighted by atomic mass is 10.1. The second kappa shape index (κ2) is 12.2. The molecule has 156 valence electrons. The van der Waals surface area contributed by atoms with Crippen molar-refractivity contribution in [3.05, 3.63) is 45.4 Å². The van der Waals surface area contributed by atoms with Gasteiger partial charge in [0.25, 0.3) is 0 Å². The molecule has 1 aromatic heterocycles. The maximum absolute atomic E-state index is 5.34. The van der Waals surface area contributed by atoms with Crippen molar-refractivity contribution in [3.8, 4) is 5.75 Å². The zero-order valence-corrected chi connectivity index (χ0v) is 20.6. The molecule has 2 aromatic rings. The van der Waals surface area contributed by atoms with Gasteiger partial charge in [-0.05, 0) is 38.0 Å². The van der Waals surface area contributed by atoms with Crippen LogP contribution in [0.15, 0.2) is 28.6 Å². The number of aromatic nitrogens is 1. The van der Waals surface area contributed by atoms with Crippen LogP contribution in [0.5, 0.6) is 5.75 Å². The normalized spacial score (nSPS) is 12.3. The molecule has 0 bridgehead atoms. The first-order valence-corrected chi connectivity index (χ1v) is 9.96. The van der Waals surface area contributed by atoms with E-state index in [1.54, 1.807) is 25.6 Å². The van der Waals surface area contributed by atoms with E-state index >= 15 is 0 Å². The van der Waals surface area contributed by atoms with Crippen LogP contribution in [0, 0.1) is 6.92 Å². The van der Waals surface area contributed by atoms with Gasteiger partial charge < -0.3 is 19.7 Å². The molecule has 0 fully saturated rings. The Morgan fingerprint density at radius 3 is 2.71 bits per heavy atom. The first-order chi connectivity index (χ1) is 13.0. The van der Waals surface area contributed by atoms with Gasteiger partial charge in [-0.15, -0.1) is 35.3 Å². The smallest absolute Gasteiger partial charge is 0.194 e. The van der Waals surface area contributed by atoms with E-state index in [-0.39, 0.29) is 30.1 Å². The van der Waals surface area contributed by atoms with Crippen LogP contribution < -0.4 is 10.1 Å². The molecule has 0 saturated heterocycles. The van der Waals surface area contributed by atoms with Gasteiger partial charge >= 0.3 is 0 Å². The van der Waals surface area contributed by atoms with Crippen LogP contribution in [0.1, 0.15) is 41.8 Å². The van der Waals surface area contributed by atoms with Crippen LogP contribution in [0.3, 0.4) is 0 Å². The highest BCUT2D eigenvalue weighted by molar-refractivity contribution is 14.0. The summed E-state index contributed by atoms with van der Waals surface area (Å²) in [6.45, 7) is 8.25. The number of aryl methyl sites for hydroxylation is 1. The monoisotopic (exact) mass is 518 g/mol. The minimum absolute atomic E-state index is 0. The number of methoxy groups -OCH3 is 2. The van der Waals surface area contributed by atoms with Gasteiger partial charge in [0, 0.05) is 26.1 Å². The number of halogens is 1. The maximum Gasteiger partial charge on any atom is 0.194 e. The number of thiazole rings is 1. The molecule has 0 amide bonds. The number of benzene rings is 1. The van der Waals surface area contributed by atoms with Gasteiger partial charge in [-0.1, -0.05) is 12.1 Å². The van der Waals surface area contributed by atoms with Crippen LogP contribution in [0.4, 0.5) is 0 Å². The third kappa shape index (κ3) is 6.89. The van der Waals surface area contributed by atoms with Gasteiger partial charge in [0.2, 0.25) is 0 Å². The molecule has 1 N–H and O–H groups in total. The molecule has 0 aliphatic heterocycles. The fourth-order valence-corrected chi connectivity index (χ4v) is 3.52. The largest absolute Gasteiger partial charge is 0.496 e. The lowest BCUT2D eigenvalue weighted by Gasteiger charge is -2.21. The number of hydrogen-bond acceptors (Lipinski definition) is 5. The number of nitrogens with one attached hydrogen (secondary N) is 1. The molecule has 1 unspecified atom stereocenters. The van der Waals surface area contributed by atoms with Crippen molar-refractivity contribution >= 4 is 41.3 Å². The molecule has 1 heterocycles. The molecule has 0 aliphatic rings. The van der Waals surface area contributed by atoms with Crippen molar-refractivity contribution in [2.24, 2.45) is 4.99 Å². The fraction of sp³-hybridized carbons (Fsp3) is 0.500. The Morgan fingerprint density at radius 2 is 2.11 bits per heavy atom. The molecule has 0 aliphatic carbocycles. The van der Waals surface area contributed by atoms with Crippen LogP contribution in [0.2, 0.25) is 0 Å². The second-order valence-corrected chi connectivity index (χ2v) is 7.27. The highest BCUT2D eigenvalue weighted by Gasteiger charge is 2.12. The average Bonchev–Trinajstić information content (AvgIpc) is 3.13. The molecule has 1 aromatic carbocycles. The van der Waals surface area contributed by atoms with Crippen molar-refractivity contribution < 1.29 is 9.47 Å². The summed E-state index contributed by atoms with van der Waals surface area (Å²) in [7, 11) is 5.42. The molecule has 8 heteroatoms. The average molecular weight is 518 g/mol. The Morgan fingerprint density at radius 1 is 1.36 bits per heavy atom. The first kappa shape index (κ1) is 24.6. The van der Waals surface area contributed by atoms with Crippen LogP contribution in [-0.2, 0) is 17.8 Å². The van der Waals surface area contributed by atoms with E-state index in [1.165, 1.54) is 0 Å². The van der Waals surface area contributed by atoms with Crippen molar-refractivity contribution in [2.45, 2.75) is 40.0 Å². The van der Waals surface area contributed by atoms with E-state index < -0.39 is 0 Å². The Bertz CT molecular complexity index is 766. The summed E-state index contributed by atoms with van der Waals surface area (Å²) in [4.78, 5) is 11.5. The quantitative estimate of drug-likeness (QED) is 0.319. The number of nitrogens with zero attached hydrogens (tertiary/aromatic N) is 3. The zero-order valence-electron chi connectivity index (χ0n) is 17.5. The first-order valence-electron chi connectivity index (χ1n) is 9.08. The third-order valence-corrected chi connectivity index (χ3v) is 5.29. The Labute approximate surface area is 189 Å². The predicted molar refractivity (Wildman–Crippen MR) is 127 cm³/mol. The van der Waals surface area contributed by atoms with Gasteiger partial charge in [0.05, 0.1) is 25.9 Å². The minimum Gasteiger partial charge on any atom is -0.496 e. The molecule has 6 nitrogen and oxygen atoms in total. The van der Waals surface area contributed by atoms with Crippen molar-refractivity contribution in [1.29, 1.82) is 0 Å². The van der Waals surface area contributed by atoms with E-state index in [9.17, 15) is 0 Å².